The van der Waals surface area contributed by atoms with Crippen molar-refractivity contribution in [3.05, 3.63) is 77.2 Å². The SMILES string of the molecule is COc1ccc(C=CC(=O)N(c2ccc(C)cc2)C2C=CS(=O)(=O)C2)cc1. The second kappa shape index (κ2) is 7.80. The van der Waals surface area contributed by atoms with E-state index in [2.05, 4.69) is 0 Å². The van der Waals surface area contributed by atoms with Gasteiger partial charge in [0.1, 0.15) is 5.75 Å². The van der Waals surface area contributed by atoms with E-state index in [1.165, 1.54) is 16.4 Å². The number of anilines is 1. The Kier molecular flexibility index (Phi) is 5.46. The molecule has 1 atom stereocenters. The van der Waals surface area contributed by atoms with Gasteiger partial charge >= 0.3 is 0 Å². The maximum Gasteiger partial charge on any atom is 0.251 e. The third-order valence-electron chi connectivity index (χ3n) is 4.33. The van der Waals surface area contributed by atoms with Gasteiger partial charge in [0.2, 0.25) is 0 Å². The highest BCUT2D eigenvalue weighted by molar-refractivity contribution is 7.94. The number of hydrogen-bond donors (Lipinski definition) is 0. The molecule has 1 aliphatic rings. The van der Waals surface area contributed by atoms with E-state index in [1.807, 2.05) is 55.5 Å². The van der Waals surface area contributed by atoms with Gasteiger partial charge in [-0.15, -0.1) is 0 Å². The van der Waals surface area contributed by atoms with Crippen LogP contribution in [0.15, 0.2) is 66.1 Å². The smallest absolute Gasteiger partial charge is 0.251 e. The number of benzene rings is 2. The molecule has 0 saturated carbocycles. The Morgan fingerprint density at radius 3 is 2.33 bits per heavy atom. The monoisotopic (exact) mass is 383 g/mol. The van der Waals surface area contributed by atoms with E-state index in [-0.39, 0.29) is 11.7 Å². The van der Waals surface area contributed by atoms with Crippen molar-refractivity contribution in [2.24, 2.45) is 0 Å². The van der Waals surface area contributed by atoms with Crippen LogP contribution in [0.3, 0.4) is 0 Å². The number of amides is 1. The average Bonchev–Trinajstić information content (AvgIpc) is 3.01. The van der Waals surface area contributed by atoms with E-state index in [0.717, 1.165) is 16.9 Å². The van der Waals surface area contributed by atoms with Gasteiger partial charge in [-0.3, -0.25) is 4.79 Å². The van der Waals surface area contributed by atoms with Crippen LogP contribution in [0.25, 0.3) is 6.08 Å². The van der Waals surface area contributed by atoms with E-state index in [1.54, 1.807) is 19.3 Å². The number of hydrogen-bond acceptors (Lipinski definition) is 4. The van der Waals surface area contributed by atoms with Gasteiger partial charge in [-0.25, -0.2) is 8.42 Å². The molecule has 1 amide bonds. The van der Waals surface area contributed by atoms with Crippen molar-refractivity contribution >= 4 is 27.5 Å². The van der Waals surface area contributed by atoms with Crippen LogP contribution in [0.2, 0.25) is 0 Å². The van der Waals surface area contributed by atoms with Gasteiger partial charge < -0.3 is 9.64 Å². The predicted octanol–water partition coefficient (Wildman–Crippen LogP) is 3.36. The molecule has 0 bridgehead atoms. The molecule has 6 heteroatoms. The van der Waals surface area contributed by atoms with Gasteiger partial charge in [0.15, 0.2) is 9.84 Å². The Labute approximate surface area is 159 Å². The molecule has 27 heavy (non-hydrogen) atoms. The molecule has 1 unspecified atom stereocenters. The first kappa shape index (κ1) is 18.9. The molecule has 2 aromatic carbocycles. The number of aryl methyl sites for hydroxylation is 1. The van der Waals surface area contributed by atoms with Crippen LogP contribution in [0, 0.1) is 6.92 Å². The van der Waals surface area contributed by atoms with Crippen LogP contribution in [-0.4, -0.2) is 33.2 Å². The van der Waals surface area contributed by atoms with Crippen LogP contribution < -0.4 is 9.64 Å². The van der Waals surface area contributed by atoms with E-state index in [9.17, 15) is 13.2 Å². The zero-order valence-electron chi connectivity index (χ0n) is 15.2. The second-order valence-corrected chi connectivity index (χ2v) is 8.31. The van der Waals surface area contributed by atoms with Crippen LogP contribution in [0.4, 0.5) is 5.69 Å². The van der Waals surface area contributed by atoms with E-state index in [0.29, 0.717) is 5.69 Å². The molecule has 0 fully saturated rings. The minimum atomic E-state index is -3.28. The fourth-order valence-corrected chi connectivity index (χ4v) is 4.14. The molecule has 5 nitrogen and oxygen atoms in total. The number of ether oxygens (including phenoxy) is 1. The molecule has 0 aromatic heterocycles. The van der Waals surface area contributed by atoms with Gasteiger partial charge in [0.05, 0.1) is 18.9 Å². The Bertz CT molecular complexity index is 974. The second-order valence-electron chi connectivity index (χ2n) is 6.38. The van der Waals surface area contributed by atoms with Gasteiger partial charge in [-0.2, -0.15) is 0 Å². The summed E-state index contributed by atoms with van der Waals surface area (Å²) in [6, 6.07) is 14.2. The van der Waals surface area contributed by atoms with E-state index < -0.39 is 15.9 Å². The molecule has 0 N–H and O–H groups in total. The van der Waals surface area contributed by atoms with Crippen molar-refractivity contribution in [2.75, 3.05) is 17.8 Å². The van der Waals surface area contributed by atoms with Crippen LogP contribution >= 0.6 is 0 Å². The predicted molar refractivity (Wildman–Crippen MR) is 107 cm³/mol. The van der Waals surface area contributed by atoms with Crippen molar-refractivity contribution < 1.29 is 17.9 Å². The van der Waals surface area contributed by atoms with E-state index in [4.69, 9.17) is 4.74 Å². The third kappa shape index (κ3) is 4.65. The summed E-state index contributed by atoms with van der Waals surface area (Å²) in [6.45, 7) is 1.96. The molecular weight excluding hydrogens is 362 g/mol. The van der Waals surface area contributed by atoms with Crippen molar-refractivity contribution in [1.29, 1.82) is 0 Å². The lowest BCUT2D eigenvalue weighted by Gasteiger charge is -2.26. The molecule has 0 spiro atoms. The average molecular weight is 383 g/mol. The third-order valence-corrected chi connectivity index (χ3v) is 5.70. The number of nitrogens with zero attached hydrogens (tertiary/aromatic N) is 1. The Balaban J connectivity index is 1.87. The minimum absolute atomic E-state index is 0.108. The Hall–Kier alpha value is -2.86. The minimum Gasteiger partial charge on any atom is -0.497 e. The van der Waals surface area contributed by atoms with Crippen molar-refractivity contribution in [1.82, 2.24) is 0 Å². The molecule has 140 valence electrons. The number of carbonyl (C=O) groups excluding carboxylic acids is 1. The summed E-state index contributed by atoms with van der Waals surface area (Å²) in [5, 5.41) is 1.18. The first-order chi connectivity index (χ1) is 12.9. The summed E-state index contributed by atoms with van der Waals surface area (Å²) in [5.74, 6) is 0.352. The molecule has 2 aromatic rings. The van der Waals surface area contributed by atoms with Crippen LogP contribution in [0.1, 0.15) is 11.1 Å². The van der Waals surface area contributed by atoms with Gasteiger partial charge in [-0.1, -0.05) is 29.8 Å². The van der Waals surface area contributed by atoms with Gasteiger partial charge in [0.25, 0.3) is 5.91 Å². The van der Waals surface area contributed by atoms with Crippen LogP contribution in [-0.2, 0) is 14.6 Å². The van der Waals surface area contributed by atoms with Crippen LogP contribution in [0.5, 0.6) is 5.75 Å². The summed E-state index contributed by atoms with van der Waals surface area (Å²) in [6.07, 6.45) is 4.73. The lowest BCUT2D eigenvalue weighted by atomic mass is 10.1. The summed E-state index contributed by atoms with van der Waals surface area (Å²) in [5.41, 5.74) is 2.58. The first-order valence-electron chi connectivity index (χ1n) is 8.51. The quantitative estimate of drug-likeness (QED) is 0.743. The zero-order valence-corrected chi connectivity index (χ0v) is 16.0. The van der Waals surface area contributed by atoms with Gasteiger partial charge in [-0.05, 0) is 48.9 Å². The molecule has 0 aliphatic carbocycles. The highest BCUT2D eigenvalue weighted by Crippen LogP contribution is 2.24. The molecule has 1 aliphatic heterocycles. The summed E-state index contributed by atoms with van der Waals surface area (Å²) >= 11 is 0. The number of rotatable bonds is 5. The normalized spacial score (nSPS) is 17.9. The highest BCUT2D eigenvalue weighted by Gasteiger charge is 2.30. The van der Waals surface area contributed by atoms with Gasteiger partial charge in [0, 0.05) is 17.2 Å². The lowest BCUT2D eigenvalue weighted by Crippen LogP contribution is -2.40. The molecule has 0 radical (unpaired) electrons. The lowest BCUT2D eigenvalue weighted by molar-refractivity contribution is -0.114. The molecular formula is C21H21NO4S. The van der Waals surface area contributed by atoms with E-state index >= 15 is 0 Å². The Morgan fingerprint density at radius 1 is 1.11 bits per heavy atom. The summed E-state index contributed by atoms with van der Waals surface area (Å²) < 4.78 is 28.8. The topological polar surface area (TPSA) is 63.7 Å². The molecule has 3 rings (SSSR count). The summed E-state index contributed by atoms with van der Waals surface area (Å²) in [4.78, 5) is 14.4. The first-order valence-corrected chi connectivity index (χ1v) is 10.2. The standard InChI is InChI=1S/C21H21NO4S/c1-16-3-8-18(9-4-16)22(19-13-14-27(24,25)15-19)21(23)12-7-17-5-10-20(26-2)11-6-17/h3-14,19H,15H2,1-2H3. The maximum absolute atomic E-state index is 12.9. The fourth-order valence-electron chi connectivity index (χ4n) is 2.87. The number of sulfone groups is 1. The Morgan fingerprint density at radius 2 is 1.78 bits per heavy atom. The molecule has 1 heterocycles. The van der Waals surface area contributed by atoms with Crippen molar-refractivity contribution in [2.45, 2.75) is 13.0 Å². The largest absolute Gasteiger partial charge is 0.497 e. The number of carbonyl (C=O) groups is 1. The molecule has 0 saturated heterocycles. The zero-order chi connectivity index (χ0) is 19.4. The highest BCUT2D eigenvalue weighted by atomic mass is 32.2. The fraction of sp³-hybridized carbons (Fsp3) is 0.190. The summed E-state index contributed by atoms with van der Waals surface area (Å²) in [7, 11) is -1.68. The maximum atomic E-state index is 12.9. The van der Waals surface area contributed by atoms with Crippen molar-refractivity contribution in [3.8, 4) is 5.75 Å². The van der Waals surface area contributed by atoms with Crippen molar-refractivity contribution in [3.63, 3.8) is 0 Å². The number of methoxy groups -OCH3 is 1.